The van der Waals surface area contributed by atoms with Gasteiger partial charge in [0.2, 0.25) is 5.91 Å². The number of nitrogens with one attached hydrogen (secondary N) is 1. The Bertz CT molecular complexity index is 1480. The van der Waals surface area contributed by atoms with Crippen molar-refractivity contribution in [1.29, 1.82) is 0 Å². The van der Waals surface area contributed by atoms with Crippen molar-refractivity contribution in [2.24, 2.45) is 0 Å². The number of rotatable bonds is 7. The minimum absolute atomic E-state index is 0.175. The molecule has 0 spiro atoms. The smallest absolute Gasteiger partial charge is 0.325 e. The highest BCUT2D eigenvalue weighted by Crippen LogP contribution is 2.31. The first-order valence-electron chi connectivity index (χ1n) is 12.2. The van der Waals surface area contributed by atoms with Crippen molar-refractivity contribution in [3.05, 3.63) is 92.9 Å². The molecule has 2 aromatic heterocycles. The summed E-state index contributed by atoms with van der Waals surface area (Å²) in [6, 6.07) is 17.3. The first-order valence-corrected chi connectivity index (χ1v) is 12.2. The molecule has 0 unspecified atom stereocenters. The fraction of sp³-hybridized carbons (Fsp3) is 0.333. The Morgan fingerprint density at radius 3 is 2.49 bits per heavy atom. The number of aryl methyl sites for hydroxylation is 1. The van der Waals surface area contributed by atoms with Crippen LogP contribution in [0.5, 0.6) is 0 Å². The van der Waals surface area contributed by atoms with Gasteiger partial charge < -0.3 is 9.88 Å². The Labute approximate surface area is 202 Å². The highest BCUT2D eigenvalue weighted by molar-refractivity contribution is 5.90. The van der Waals surface area contributed by atoms with E-state index in [-0.39, 0.29) is 19.1 Å². The molecular formula is C27H29N5O3. The van der Waals surface area contributed by atoms with Gasteiger partial charge in [-0.05, 0) is 42.5 Å². The van der Waals surface area contributed by atoms with Gasteiger partial charge in [-0.2, -0.15) is 0 Å². The zero-order chi connectivity index (χ0) is 24.4. The van der Waals surface area contributed by atoms with Gasteiger partial charge in [-0.15, -0.1) is 0 Å². The topological polar surface area (TPSA) is 90.9 Å². The van der Waals surface area contributed by atoms with Crippen molar-refractivity contribution < 1.29 is 4.79 Å². The molecule has 5 rings (SSSR count). The van der Waals surface area contributed by atoms with Gasteiger partial charge in [-0.25, -0.2) is 14.3 Å². The molecule has 8 heteroatoms. The second kappa shape index (κ2) is 9.74. The number of carbonyl (C=O) groups excluding carboxylic acids is 1. The SMILES string of the molecule is CCc1cccc(NC(=O)Cn2c(=O)c3c(ncn3C3CCCC3)n(Cc3ccccc3)c2=O)c1. The van der Waals surface area contributed by atoms with Gasteiger partial charge in [0, 0.05) is 11.7 Å². The lowest BCUT2D eigenvalue weighted by atomic mass is 10.1. The normalized spacial score (nSPS) is 14.0. The van der Waals surface area contributed by atoms with Gasteiger partial charge in [-0.3, -0.25) is 14.2 Å². The third-order valence-electron chi connectivity index (χ3n) is 6.76. The van der Waals surface area contributed by atoms with E-state index < -0.39 is 17.2 Å². The number of fused-ring (bicyclic) bond motifs is 1. The van der Waals surface area contributed by atoms with Crippen LogP contribution in [-0.2, 0) is 24.3 Å². The van der Waals surface area contributed by atoms with E-state index in [1.165, 1.54) is 4.57 Å². The molecule has 0 aliphatic heterocycles. The number of amides is 1. The molecule has 1 saturated carbocycles. The number of benzene rings is 2. The van der Waals surface area contributed by atoms with Crippen molar-refractivity contribution in [2.75, 3.05) is 5.32 Å². The van der Waals surface area contributed by atoms with Crippen LogP contribution >= 0.6 is 0 Å². The van der Waals surface area contributed by atoms with Crippen molar-refractivity contribution in [3.63, 3.8) is 0 Å². The molecule has 1 aliphatic rings. The van der Waals surface area contributed by atoms with Crippen LogP contribution in [0.3, 0.4) is 0 Å². The number of anilines is 1. The van der Waals surface area contributed by atoms with Crippen molar-refractivity contribution >= 4 is 22.8 Å². The maximum absolute atomic E-state index is 13.6. The fourth-order valence-corrected chi connectivity index (χ4v) is 4.93. The van der Waals surface area contributed by atoms with E-state index in [2.05, 4.69) is 10.3 Å². The quantitative estimate of drug-likeness (QED) is 0.445. The molecule has 2 aromatic carbocycles. The monoisotopic (exact) mass is 471 g/mol. The second-order valence-corrected chi connectivity index (χ2v) is 9.11. The predicted molar refractivity (Wildman–Crippen MR) is 136 cm³/mol. The molecule has 180 valence electrons. The zero-order valence-electron chi connectivity index (χ0n) is 19.8. The average molecular weight is 472 g/mol. The summed E-state index contributed by atoms with van der Waals surface area (Å²) in [6.07, 6.45) is 6.65. The largest absolute Gasteiger partial charge is 0.333 e. The molecule has 4 aromatic rings. The molecule has 1 aliphatic carbocycles. The van der Waals surface area contributed by atoms with Crippen LogP contribution in [0.4, 0.5) is 5.69 Å². The van der Waals surface area contributed by atoms with Crippen LogP contribution in [-0.4, -0.2) is 24.6 Å². The van der Waals surface area contributed by atoms with Crippen molar-refractivity contribution in [1.82, 2.24) is 18.7 Å². The number of carbonyl (C=O) groups is 1. The number of imidazole rings is 1. The summed E-state index contributed by atoms with van der Waals surface area (Å²) in [4.78, 5) is 44.5. The molecule has 35 heavy (non-hydrogen) atoms. The van der Waals surface area contributed by atoms with Crippen LogP contribution < -0.4 is 16.6 Å². The van der Waals surface area contributed by atoms with Crippen molar-refractivity contribution in [3.8, 4) is 0 Å². The van der Waals surface area contributed by atoms with E-state index in [4.69, 9.17) is 0 Å². The molecule has 0 radical (unpaired) electrons. The Morgan fingerprint density at radius 2 is 1.74 bits per heavy atom. The molecule has 0 atom stereocenters. The third-order valence-corrected chi connectivity index (χ3v) is 6.76. The minimum atomic E-state index is -0.541. The lowest BCUT2D eigenvalue weighted by Gasteiger charge is -2.15. The Balaban J connectivity index is 1.57. The summed E-state index contributed by atoms with van der Waals surface area (Å²) in [5.74, 6) is -0.421. The van der Waals surface area contributed by atoms with E-state index in [9.17, 15) is 14.4 Å². The molecule has 8 nitrogen and oxygen atoms in total. The summed E-state index contributed by atoms with van der Waals surface area (Å²) < 4.78 is 4.45. The maximum atomic E-state index is 13.6. The number of aromatic nitrogens is 4. The third kappa shape index (κ3) is 4.56. The number of hydrogen-bond acceptors (Lipinski definition) is 4. The highest BCUT2D eigenvalue weighted by Gasteiger charge is 2.25. The molecule has 1 N–H and O–H groups in total. The van der Waals surface area contributed by atoms with Gasteiger partial charge in [-0.1, -0.05) is 62.2 Å². The standard InChI is InChI=1S/C27H29N5O3/c1-2-19-11-8-12-21(15-19)29-23(33)17-31-26(34)24-25(28-18-32(24)22-13-6-7-14-22)30(27(31)35)16-20-9-4-3-5-10-20/h3-5,8-12,15,18,22H,2,6-7,13-14,16-17H2,1H3,(H,29,33). The highest BCUT2D eigenvalue weighted by atomic mass is 16.2. The Kier molecular flexibility index (Phi) is 6.35. The zero-order valence-corrected chi connectivity index (χ0v) is 19.8. The molecule has 2 heterocycles. The van der Waals surface area contributed by atoms with Crippen LogP contribution in [0.2, 0.25) is 0 Å². The molecular weight excluding hydrogens is 442 g/mol. The van der Waals surface area contributed by atoms with Crippen LogP contribution in [0.15, 0.2) is 70.5 Å². The van der Waals surface area contributed by atoms with Crippen molar-refractivity contribution in [2.45, 2.75) is 58.2 Å². The number of nitrogens with zero attached hydrogens (tertiary/aromatic N) is 4. The van der Waals surface area contributed by atoms with E-state index in [1.807, 2.05) is 60.0 Å². The molecule has 1 fully saturated rings. The van der Waals surface area contributed by atoms with Gasteiger partial charge in [0.15, 0.2) is 11.2 Å². The minimum Gasteiger partial charge on any atom is -0.325 e. The van der Waals surface area contributed by atoms with Gasteiger partial charge in [0.1, 0.15) is 6.54 Å². The fourth-order valence-electron chi connectivity index (χ4n) is 4.93. The molecule has 0 bridgehead atoms. The van der Waals surface area contributed by atoms with E-state index in [0.29, 0.717) is 16.9 Å². The lowest BCUT2D eigenvalue weighted by Crippen LogP contribution is -2.43. The first-order chi connectivity index (χ1) is 17.0. The maximum Gasteiger partial charge on any atom is 0.333 e. The summed E-state index contributed by atoms with van der Waals surface area (Å²) in [5.41, 5.74) is 2.38. The van der Waals surface area contributed by atoms with Crippen LogP contribution in [0.25, 0.3) is 11.2 Å². The van der Waals surface area contributed by atoms with Gasteiger partial charge in [0.25, 0.3) is 5.56 Å². The first kappa shape index (κ1) is 22.8. The van der Waals surface area contributed by atoms with E-state index in [0.717, 1.165) is 47.8 Å². The van der Waals surface area contributed by atoms with Crippen LogP contribution in [0, 0.1) is 0 Å². The Hall–Kier alpha value is -3.94. The Morgan fingerprint density at radius 1 is 1.00 bits per heavy atom. The molecule has 1 amide bonds. The molecule has 0 saturated heterocycles. The van der Waals surface area contributed by atoms with Gasteiger partial charge >= 0.3 is 5.69 Å². The van der Waals surface area contributed by atoms with E-state index >= 15 is 0 Å². The van der Waals surface area contributed by atoms with Crippen LogP contribution in [0.1, 0.15) is 49.8 Å². The summed E-state index contributed by atoms with van der Waals surface area (Å²) >= 11 is 0. The summed E-state index contributed by atoms with van der Waals surface area (Å²) in [5, 5.41) is 2.83. The predicted octanol–water partition coefficient (Wildman–Crippen LogP) is 3.72. The van der Waals surface area contributed by atoms with E-state index in [1.54, 1.807) is 12.4 Å². The summed E-state index contributed by atoms with van der Waals surface area (Å²) in [7, 11) is 0. The average Bonchev–Trinajstić information content (AvgIpc) is 3.55. The second-order valence-electron chi connectivity index (χ2n) is 9.11. The number of hydrogen-bond donors (Lipinski definition) is 1. The van der Waals surface area contributed by atoms with Gasteiger partial charge in [0.05, 0.1) is 12.9 Å². The summed E-state index contributed by atoms with van der Waals surface area (Å²) in [6.45, 7) is 1.94. The lowest BCUT2D eigenvalue weighted by molar-refractivity contribution is -0.116.